The van der Waals surface area contributed by atoms with Crippen molar-refractivity contribution in [3.63, 3.8) is 0 Å². The highest BCUT2D eigenvalue weighted by molar-refractivity contribution is 5.90. The van der Waals surface area contributed by atoms with Gasteiger partial charge in [-0.2, -0.15) is 13.2 Å². The highest BCUT2D eigenvalue weighted by Gasteiger charge is 2.30. The minimum atomic E-state index is -4.70. The summed E-state index contributed by atoms with van der Waals surface area (Å²) in [6.07, 6.45) is 2.76. The van der Waals surface area contributed by atoms with E-state index < -0.39 is 36.1 Å². The van der Waals surface area contributed by atoms with E-state index >= 15 is 0 Å². The molecular formula is C19H24F4O4. The highest BCUT2D eigenvalue weighted by atomic mass is 19.4. The fourth-order valence-corrected chi connectivity index (χ4v) is 2.36. The summed E-state index contributed by atoms with van der Waals surface area (Å²) in [5.41, 5.74) is -0.661. The lowest BCUT2D eigenvalue weighted by Gasteiger charge is -2.09. The molecule has 0 bridgehead atoms. The zero-order valence-electron chi connectivity index (χ0n) is 15.2. The van der Waals surface area contributed by atoms with Crippen LogP contribution in [0.3, 0.4) is 0 Å². The van der Waals surface area contributed by atoms with Crippen LogP contribution in [0.2, 0.25) is 0 Å². The molecule has 0 N–H and O–H groups in total. The molecule has 0 aromatic heterocycles. The number of carbonyl (C=O) groups excluding carboxylic acids is 2. The van der Waals surface area contributed by atoms with E-state index in [1.165, 1.54) is 19.3 Å². The minimum Gasteiger partial charge on any atom is -0.452 e. The van der Waals surface area contributed by atoms with Crippen molar-refractivity contribution in [3.05, 3.63) is 29.6 Å². The fourth-order valence-electron chi connectivity index (χ4n) is 2.36. The maximum absolute atomic E-state index is 13.9. The quantitative estimate of drug-likeness (QED) is 0.213. The van der Waals surface area contributed by atoms with Gasteiger partial charge in [-0.05, 0) is 18.6 Å². The molecule has 0 aliphatic carbocycles. The molecule has 0 aliphatic rings. The van der Waals surface area contributed by atoms with Gasteiger partial charge < -0.3 is 9.47 Å². The number of carbonyl (C=O) groups is 2. The number of alkyl halides is 3. The Morgan fingerprint density at radius 3 is 2.22 bits per heavy atom. The van der Waals surface area contributed by atoms with Gasteiger partial charge in [-0.3, -0.25) is 4.79 Å². The van der Waals surface area contributed by atoms with Crippen LogP contribution >= 0.6 is 0 Å². The maximum atomic E-state index is 13.9. The fraction of sp³-hybridized carbons (Fsp3) is 0.579. The van der Waals surface area contributed by atoms with Crippen molar-refractivity contribution in [2.75, 3.05) is 6.61 Å². The first-order valence-electron chi connectivity index (χ1n) is 8.97. The smallest absolute Gasteiger partial charge is 0.422 e. The molecule has 27 heavy (non-hydrogen) atoms. The average Bonchev–Trinajstić information content (AvgIpc) is 2.58. The van der Waals surface area contributed by atoms with Crippen molar-refractivity contribution in [2.24, 2.45) is 0 Å². The van der Waals surface area contributed by atoms with Gasteiger partial charge in [0.05, 0.1) is 5.56 Å². The summed E-state index contributed by atoms with van der Waals surface area (Å²) in [6, 6.07) is 2.83. The molecule has 0 saturated carbocycles. The number of hydrogen-bond acceptors (Lipinski definition) is 4. The van der Waals surface area contributed by atoms with Gasteiger partial charge in [0.25, 0.3) is 0 Å². The summed E-state index contributed by atoms with van der Waals surface area (Å²) in [7, 11) is 0. The number of rotatable bonds is 11. The van der Waals surface area contributed by atoms with E-state index in [2.05, 4.69) is 11.7 Å². The normalized spacial score (nSPS) is 11.3. The predicted molar refractivity (Wildman–Crippen MR) is 91.0 cm³/mol. The Morgan fingerprint density at radius 2 is 1.63 bits per heavy atom. The zero-order chi connectivity index (χ0) is 20.3. The summed E-state index contributed by atoms with van der Waals surface area (Å²) in [4.78, 5) is 23.2. The second-order valence-corrected chi connectivity index (χ2v) is 6.18. The molecule has 0 saturated heterocycles. The number of esters is 2. The molecular weight excluding hydrogens is 368 g/mol. The van der Waals surface area contributed by atoms with E-state index in [4.69, 9.17) is 4.74 Å². The number of halogens is 4. The zero-order valence-corrected chi connectivity index (χ0v) is 15.2. The van der Waals surface area contributed by atoms with Gasteiger partial charge in [0.15, 0.2) is 6.61 Å². The Morgan fingerprint density at radius 1 is 1.00 bits per heavy atom. The average molecular weight is 392 g/mol. The molecule has 1 aromatic carbocycles. The van der Waals surface area contributed by atoms with Crippen molar-refractivity contribution in [3.8, 4) is 5.75 Å². The van der Waals surface area contributed by atoms with Crippen molar-refractivity contribution in [2.45, 2.75) is 64.5 Å². The van der Waals surface area contributed by atoms with Gasteiger partial charge in [0, 0.05) is 12.5 Å². The summed E-state index contributed by atoms with van der Waals surface area (Å²) < 4.78 is 58.9. The van der Waals surface area contributed by atoms with E-state index in [0.717, 1.165) is 37.5 Å². The monoisotopic (exact) mass is 392 g/mol. The molecule has 0 aliphatic heterocycles. The predicted octanol–water partition coefficient (Wildman–Crippen LogP) is 5.59. The van der Waals surface area contributed by atoms with E-state index in [0.29, 0.717) is 6.42 Å². The summed E-state index contributed by atoms with van der Waals surface area (Å²) in [5, 5.41) is 0. The van der Waals surface area contributed by atoms with Crippen LogP contribution in [-0.2, 0) is 9.53 Å². The minimum absolute atomic E-state index is 0.118. The molecule has 1 aromatic rings. The van der Waals surface area contributed by atoms with Gasteiger partial charge in [-0.25, -0.2) is 9.18 Å². The third-order valence-corrected chi connectivity index (χ3v) is 3.74. The van der Waals surface area contributed by atoms with E-state index in [1.54, 1.807) is 0 Å². The number of unbranched alkanes of at least 4 members (excludes halogenated alkanes) is 6. The molecule has 0 heterocycles. The third-order valence-electron chi connectivity index (χ3n) is 3.74. The van der Waals surface area contributed by atoms with Crippen LogP contribution in [0.1, 0.15) is 68.6 Å². The van der Waals surface area contributed by atoms with Crippen molar-refractivity contribution in [1.29, 1.82) is 0 Å². The Bertz CT molecular complexity index is 614. The molecule has 0 fully saturated rings. The molecule has 0 atom stereocenters. The summed E-state index contributed by atoms with van der Waals surface area (Å²) >= 11 is 0. The molecule has 0 amide bonds. The molecule has 0 unspecified atom stereocenters. The van der Waals surface area contributed by atoms with E-state index in [9.17, 15) is 27.2 Å². The molecule has 4 nitrogen and oxygen atoms in total. The third kappa shape index (κ3) is 9.96. The largest absolute Gasteiger partial charge is 0.452 e. The van der Waals surface area contributed by atoms with Crippen LogP contribution < -0.4 is 4.74 Å². The molecule has 152 valence electrons. The van der Waals surface area contributed by atoms with Gasteiger partial charge in [0.2, 0.25) is 0 Å². The topological polar surface area (TPSA) is 52.6 Å². The Labute approximate surface area is 155 Å². The van der Waals surface area contributed by atoms with Crippen molar-refractivity contribution < 1.29 is 36.6 Å². The lowest BCUT2D eigenvalue weighted by atomic mass is 10.1. The van der Waals surface area contributed by atoms with Gasteiger partial charge in [0.1, 0.15) is 11.6 Å². The highest BCUT2D eigenvalue weighted by Crippen LogP contribution is 2.20. The maximum Gasteiger partial charge on any atom is 0.422 e. The Balaban J connectivity index is 2.40. The van der Waals surface area contributed by atoms with Crippen LogP contribution in [0.5, 0.6) is 5.75 Å². The van der Waals surface area contributed by atoms with Crippen LogP contribution in [0.25, 0.3) is 0 Å². The summed E-state index contributed by atoms with van der Waals surface area (Å²) in [6.45, 7) is 0.331. The first kappa shape index (κ1) is 22.9. The Kier molecular flexibility index (Phi) is 9.82. The second kappa shape index (κ2) is 11.6. The SMILES string of the molecule is CCCCCCCCCC(=O)Oc1ccc(C(=O)OCC(F)(F)F)c(F)c1. The first-order valence-corrected chi connectivity index (χ1v) is 8.97. The van der Waals surface area contributed by atoms with Crippen LogP contribution in [0, 0.1) is 5.82 Å². The number of hydrogen-bond donors (Lipinski definition) is 0. The Hall–Kier alpha value is -2.12. The van der Waals surface area contributed by atoms with Gasteiger partial charge >= 0.3 is 18.1 Å². The first-order chi connectivity index (χ1) is 12.7. The van der Waals surface area contributed by atoms with Crippen molar-refractivity contribution in [1.82, 2.24) is 0 Å². The van der Waals surface area contributed by atoms with E-state index in [1.807, 2.05) is 0 Å². The van der Waals surface area contributed by atoms with Crippen molar-refractivity contribution >= 4 is 11.9 Å². The number of ether oxygens (including phenoxy) is 2. The molecule has 8 heteroatoms. The lowest BCUT2D eigenvalue weighted by Crippen LogP contribution is -2.21. The number of benzene rings is 1. The standard InChI is InChI=1S/C19H24F4O4/c1-2-3-4-5-6-7-8-9-17(24)27-14-10-11-15(16(20)12-14)18(25)26-13-19(21,22)23/h10-12H,2-9,13H2,1H3. The van der Waals surface area contributed by atoms with Crippen LogP contribution in [0.4, 0.5) is 17.6 Å². The lowest BCUT2D eigenvalue weighted by molar-refractivity contribution is -0.161. The second-order valence-electron chi connectivity index (χ2n) is 6.18. The molecule has 0 spiro atoms. The van der Waals surface area contributed by atoms with Gasteiger partial charge in [-0.1, -0.05) is 45.4 Å². The molecule has 0 radical (unpaired) electrons. The van der Waals surface area contributed by atoms with Crippen LogP contribution in [0.15, 0.2) is 18.2 Å². The summed E-state index contributed by atoms with van der Waals surface area (Å²) in [5.74, 6) is -3.21. The van der Waals surface area contributed by atoms with Crippen LogP contribution in [-0.4, -0.2) is 24.7 Å². The van der Waals surface area contributed by atoms with Gasteiger partial charge in [-0.15, -0.1) is 0 Å². The van der Waals surface area contributed by atoms with E-state index in [-0.39, 0.29) is 12.2 Å². The molecule has 1 rings (SSSR count).